The van der Waals surface area contributed by atoms with E-state index in [2.05, 4.69) is 31.8 Å². The molecule has 4 heteroatoms. The van der Waals surface area contributed by atoms with Gasteiger partial charge in [0.1, 0.15) is 6.61 Å². The molecule has 0 bridgehead atoms. The van der Waals surface area contributed by atoms with Gasteiger partial charge < -0.3 is 4.74 Å². The number of rotatable bonds is 4. The Morgan fingerprint density at radius 3 is 2.30 bits per heavy atom. The zero-order chi connectivity index (χ0) is 14.8. The van der Waals surface area contributed by atoms with Crippen LogP contribution >= 0.6 is 11.6 Å². The summed E-state index contributed by atoms with van der Waals surface area (Å²) in [5.74, 6) is -0.320. The van der Waals surface area contributed by atoms with Gasteiger partial charge in [-0.15, -0.1) is 0 Å². The van der Waals surface area contributed by atoms with Gasteiger partial charge in [0, 0.05) is 0 Å². The van der Waals surface area contributed by atoms with Crippen LogP contribution in [0.3, 0.4) is 0 Å². The number of halogens is 2. The molecule has 0 aliphatic carbocycles. The zero-order valence-corrected chi connectivity index (χ0v) is 13.7. The Hall–Kier alpha value is -1.32. The van der Waals surface area contributed by atoms with Gasteiger partial charge in [0.05, 0.1) is 13.1 Å². The van der Waals surface area contributed by atoms with Crippen molar-refractivity contribution in [2.24, 2.45) is 0 Å². The normalized spacial score (nSPS) is 11.4. The minimum atomic E-state index is -1.28. The fourth-order valence-electron chi connectivity index (χ4n) is 1.86. The van der Waals surface area contributed by atoms with E-state index in [4.69, 9.17) is 16.3 Å². The fraction of sp³-hybridized carbons (Fsp3) is 0.250. The summed E-state index contributed by atoms with van der Waals surface area (Å²) in [5, 5.41) is 1.48. The van der Waals surface area contributed by atoms with Gasteiger partial charge in [-0.2, -0.15) is 0 Å². The van der Waals surface area contributed by atoms with Crippen molar-refractivity contribution >= 4 is 24.9 Å². The second-order valence-corrected chi connectivity index (χ2v) is 11.3. The Bertz CT molecular complexity index is 590. The molecule has 20 heavy (non-hydrogen) atoms. The standard InChI is InChI=1S/C16H18ClFOSi/c1-20(2,3)13-9-7-12(8-10-13)11-19-15-6-4-5-14(17)16(15)18/h4-10H,11H2,1-3H3. The Kier molecular flexibility index (Phi) is 4.51. The topological polar surface area (TPSA) is 9.23 Å². The Labute approximate surface area is 125 Å². The molecule has 0 radical (unpaired) electrons. The van der Waals surface area contributed by atoms with E-state index in [-0.39, 0.29) is 10.8 Å². The van der Waals surface area contributed by atoms with Crippen LogP contribution in [0.25, 0.3) is 0 Å². The van der Waals surface area contributed by atoms with Crippen LogP contribution in [0.4, 0.5) is 4.39 Å². The van der Waals surface area contributed by atoms with Crippen LogP contribution in [0.2, 0.25) is 24.7 Å². The molecule has 0 spiro atoms. The molecule has 0 saturated heterocycles. The van der Waals surface area contributed by atoms with Gasteiger partial charge in [0.2, 0.25) is 0 Å². The highest BCUT2D eigenvalue weighted by Crippen LogP contribution is 2.24. The number of hydrogen-bond donors (Lipinski definition) is 0. The van der Waals surface area contributed by atoms with Crippen LogP contribution in [0.1, 0.15) is 5.56 Å². The number of ether oxygens (including phenoxy) is 1. The van der Waals surface area contributed by atoms with Crippen molar-refractivity contribution in [3.8, 4) is 5.75 Å². The highest BCUT2D eigenvalue weighted by atomic mass is 35.5. The van der Waals surface area contributed by atoms with E-state index in [1.807, 2.05) is 12.1 Å². The first kappa shape index (κ1) is 15.1. The zero-order valence-electron chi connectivity index (χ0n) is 11.9. The average molecular weight is 309 g/mol. The molecular formula is C16H18ClFOSi. The van der Waals surface area contributed by atoms with Gasteiger partial charge in [-0.1, -0.05) is 66.8 Å². The van der Waals surface area contributed by atoms with Crippen molar-refractivity contribution in [1.29, 1.82) is 0 Å². The smallest absolute Gasteiger partial charge is 0.183 e. The third kappa shape index (κ3) is 3.61. The van der Waals surface area contributed by atoms with E-state index in [1.165, 1.54) is 11.3 Å². The maximum Gasteiger partial charge on any atom is 0.183 e. The molecule has 0 N–H and O–H groups in total. The molecule has 0 atom stereocenters. The lowest BCUT2D eigenvalue weighted by atomic mass is 10.2. The predicted octanol–water partition coefficient (Wildman–Crippen LogP) is 4.60. The molecule has 0 aliphatic heterocycles. The number of benzene rings is 2. The largest absolute Gasteiger partial charge is 0.486 e. The van der Waals surface area contributed by atoms with Gasteiger partial charge in [-0.05, 0) is 17.7 Å². The average Bonchev–Trinajstić information content (AvgIpc) is 2.40. The Morgan fingerprint density at radius 2 is 1.70 bits per heavy atom. The van der Waals surface area contributed by atoms with Gasteiger partial charge in [0.25, 0.3) is 0 Å². The molecule has 0 fully saturated rings. The minimum Gasteiger partial charge on any atom is -0.486 e. The quantitative estimate of drug-likeness (QED) is 0.750. The molecule has 0 aliphatic rings. The summed E-state index contributed by atoms with van der Waals surface area (Å²) in [6, 6.07) is 13.1. The molecule has 2 aromatic rings. The van der Waals surface area contributed by atoms with Crippen LogP contribution < -0.4 is 9.92 Å². The minimum absolute atomic E-state index is 0.0802. The third-order valence-electron chi connectivity index (χ3n) is 3.13. The van der Waals surface area contributed by atoms with Gasteiger partial charge >= 0.3 is 0 Å². The maximum atomic E-state index is 13.7. The second kappa shape index (κ2) is 5.98. The SMILES string of the molecule is C[Si](C)(C)c1ccc(COc2cccc(Cl)c2F)cc1. The third-order valence-corrected chi connectivity index (χ3v) is 5.49. The first-order chi connectivity index (χ1) is 9.38. The van der Waals surface area contributed by atoms with Crippen LogP contribution in [0.5, 0.6) is 5.75 Å². The Balaban J connectivity index is 2.06. The molecule has 2 aromatic carbocycles. The van der Waals surface area contributed by atoms with Crippen molar-refractivity contribution in [3.05, 3.63) is 58.9 Å². The van der Waals surface area contributed by atoms with Gasteiger partial charge in [-0.3, -0.25) is 0 Å². The van der Waals surface area contributed by atoms with E-state index in [0.29, 0.717) is 6.61 Å². The molecule has 0 unspecified atom stereocenters. The molecule has 0 saturated carbocycles. The van der Waals surface area contributed by atoms with Crippen molar-refractivity contribution in [2.75, 3.05) is 0 Å². The summed E-state index contributed by atoms with van der Waals surface area (Å²) in [5.41, 5.74) is 1.02. The predicted molar refractivity (Wildman–Crippen MR) is 85.2 cm³/mol. The van der Waals surface area contributed by atoms with Crippen LogP contribution in [-0.2, 0) is 6.61 Å². The molecule has 1 nitrogen and oxygen atoms in total. The molecule has 0 heterocycles. The van der Waals surface area contributed by atoms with E-state index >= 15 is 0 Å². The lowest BCUT2D eigenvalue weighted by molar-refractivity contribution is 0.290. The highest BCUT2D eigenvalue weighted by molar-refractivity contribution is 6.88. The summed E-state index contributed by atoms with van der Waals surface area (Å²) in [7, 11) is -1.28. The second-order valence-electron chi connectivity index (χ2n) is 5.79. The van der Waals surface area contributed by atoms with Crippen LogP contribution in [-0.4, -0.2) is 8.07 Å². The van der Waals surface area contributed by atoms with Gasteiger partial charge in [-0.25, -0.2) is 4.39 Å². The molecule has 0 amide bonds. The monoisotopic (exact) mass is 308 g/mol. The van der Waals surface area contributed by atoms with Crippen molar-refractivity contribution in [1.82, 2.24) is 0 Å². The van der Waals surface area contributed by atoms with Crippen molar-refractivity contribution < 1.29 is 9.13 Å². The van der Waals surface area contributed by atoms with Gasteiger partial charge in [0.15, 0.2) is 11.6 Å². The number of hydrogen-bond acceptors (Lipinski definition) is 1. The molecule has 2 rings (SSSR count). The summed E-state index contributed by atoms with van der Waals surface area (Å²) in [6.07, 6.45) is 0. The van der Waals surface area contributed by atoms with Crippen LogP contribution in [0.15, 0.2) is 42.5 Å². The highest BCUT2D eigenvalue weighted by Gasteiger charge is 2.15. The van der Waals surface area contributed by atoms with E-state index in [9.17, 15) is 4.39 Å². The van der Waals surface area contributed by atoms with E-state index < -0.39 is 13.9 Å². The summed E-state index contributed by atoms with van der Waals surface area (Å²) in [6.45, 7) is 7.25. The lowest BCUT2D eigenvalue weighted by Crippen LogP contribution is -2.37. The fourth-order valence-corrected chi connectivity index (χ4v) is 3.19. The molecule has 0 aromatic heterocycles. The lowest BCUT2D eigenvalue weighted by Gasteiger charge is -2.17. The van der Waals surface area contributed by atoms with E-state index in [1.54, 1.807) is 12.1 Å². The summed E-state index contributed by atoms with van der Waals surface area (Å²) < 4.78 is 19.2. The van der Waals surface area contributed by atoms with Crippen molar-refractivity contribution in [3.63, 3.8) is 0 Å². The summed E-state index contributed by atoms with van der Waals surface area (Å²) >= 11 is 5.72. The van der Waals surface area contributed by atoms with Crippen molar-refractivity contribution in [2.45, 2.75) is 26.2 Å². The first-order valence-electron chi connectivity index (χ1n) is 6.54. The molecular weight excluding hydrogens is 291 g/mol. The summed E-state index contributed by atoms with van der Waals surface area (Å²) in [4.78, 5) is 0. The Morgan fingerprint density at radius 1 is 1.05 bits per heavy atom. The maximum absolute atomic E-state index is 13.7. The molecule has 106 valence electrons. The first-order valence-corrected chi connectivity index (χ1v) is 10.4. The van der Waals surface area contributed by atoms with Crippen LogP contribution in [0, 0.1) is 5.82 Å². The van der Waals surface area contributed by atoms with E-state index in [0.717, 1.165) is 5.56 Å².